The van der Waals surface area contributed by atoms with Gasteiger partial charge in [0.2, 0.25) is 5.88 Å². The molecule has 0 radical (unpaired) electrons. The Morgan fingerprint density at radius 2 is 1.91 bits per heavy atom. The van der Waals surface area contributed by atoms with Gasteiger partial charge in [0.15, 0.2) is 0 Å². The third-order valence-corrected chi connectivity index (χ3v) is 6.44. The number of β-amino-alcohol motifs (C(OH)–C–C–N with tert-alkyl or cyclic N) is 1. The van der Waals surface area contributed by atoms with Gasteiger partial charge in [-0.15, -0.1) is 0 Å². The quantitative estimate of drug-likeness (QED) is 0.452. The highest BCUT2D eigenvalue weighted by Gasteiger charge is 2.23. The number of hydrogen-bond donors (Lipinski definition) is 2. The first kappa shape index (κ1) is 21.7. The zero-order valence-electron chi connectivity index (χ0n) is 18.8. The molecule has 1 atom stereocenters. The molecule has 0 unspecified atom stereocenters. The van der Waals surface area contributed by atoms with Crippen molar-refractivity contribution in [2.75, 3.05) is 26.7 Å². The van der Waals surface area contributed by atoms with Crippen molar-refractivity contribution in [3.63, 3.8) is 0 Å². The van der Waals surface area contributed by atoms with Gasteiger partial charge >= 0.3 is 0 Å². The second kappa shape index (κ2) is 9.79. The van der Waals surface area contributed by atoms with E-state index >= 15 is 0 Å². The largest absolute Gasteiger partial charge is 0.481 e. The molecule has 0 aliphatic carbocycles. The molecule has 0 spiro atoms. The van der Waals surface area contributed by atoms with E-state index in [1.807, 2.05) is 24.4 Å². The van der Waals surface area contributed by atoms with E-state index in [2.05, 4.69) is 49.4 Å². The van der Waals surface area contributed by atoms with Crippen molar-refractivity contribution in [2.24, 2.45) is 0 Å². The second-order valence-electron chi connectivity index (χ2n) is 8.62. The van der Waals surface area contributed by atoms with Gasteiger partial charge in [0.25, 0.3) is 0 Å². The van der Waals surface area contributed by atoms with Crippen LogP contribution in [0.4, 0.5) is 0 Å². The van der Waals surface area contributed by atoms with Crippen molar-refractivity contribution in [3.05, 3.63) is 72.2 Å². The maximum absolute atomic E-state index is 11.0. The van der Waals surface area contributed by atoms with Gasteiger partial charge in [-0.3, -0.25) is 9.97 Å². The van der Waals surface area contributed by atoms with E-state index in [4.69, 9.17) is 4.74 Å². The number of nitrogens with one attached hydrogen (secondary N) is 1. The Kier molecular flexibility index (Phi) is 6.44. The van der Waals surface area contributed by atoms with E-state index in [0.717, 1.165) is 49.2 Å². The number of aliphatic hydroxyl groups is 1. The fourth-order valence-corrected chi connectivity index (χ4v) is 4.55. The van der Waals surface area contributed by atoms with Crippen LogP contribution in [-0.2, 0) is 6.54 Å². The topological polar surface area (TPSA) is 83.4 Å². The highest BCUT2D eigenvalue weighted by atomic mass is 16.5. The summed E-state index contributed by atoms with van der Waals surface area (Å²) >= 11 is 0. The smallest absolute Gasteiger partial charge is 0.213 e. The van der Waals surface area contributed by atoms with Gasteiger partial charge in [-0.1, -0.05) is 24.3 Å². The lowest BCUT2D eigenvalue weighted by Gasteiger charge is -2.33. The van der Waals surface area contributed by atoms with E-state index in [1.165, 1.54) is 10.8 Å². The number of methoxy groups -OCH3 is 1. The number of benzene rings is 1. The first-order chi connectivity index (χ1) is 16.2. The van der Waals surface area contributed by atoms with Crippen molar-refractivity contribution in [1.29, 1.82) is 0 Å². The zero-order chi connectivity index (χ0) is 22.6. The predicted octanol–water partition coefficient (Wildman–Crippen LogP) is 3.47. The molecule has 4 heterocycles. The summed E-state index contributed by atoms with van der Waals surface area (Å²) < 4.78 is 5.25. The van der Waals surface area contributed by atoms with Crippen molar-refractivity contribution in [2.45, 2.75) is 31.5 Å². The van der Waals surface area contributed by atoms with Crippen LogP contribution < -0.4 is 10.1 Å². The molecule has 7 nitrogen and oxygen atoms in total. The minimum atomic E-state index is -0.624. The third kappa shape index (κ3) is 4.95. The Hall–Kier alpha value is -3.13. The molecule has 1 fully saturated rings. The number of ether oxygens (including phenoxy) is 1. The van der Waals surface area contributed by atoms with Gasteiger partial charge in [0.1, 0.15) is 0 Å². The lowest BCUT2D eigenvalue weighted by molar-refractivity contribution is 0.0947. The normalized spacial score (nSPS) is 16.3. The molecule has 1 aromatic carbocycles. The Morgan fingerprint density at radius 1 is 1.09 bits per heavy atom. The number of likely N-dealkylation sites (tertiary alicyclic amines) is 1. The van der Waals surface area contributed by atoms with Crippen LogP contribution in [0.15, 0.2) is 60.9 Å². The molecule has 0 saturated carbocycles. The number of pyridine rings is 3. The number of piperidine rings is 1. The molecule has 4 aromatic rings. The lowest BCUT2D eigenvalue weighted by Crippen LogP contribution is -2.43. The minimum absolute atomic E-state index is 0.458. The summed E-state index contributed by atoms with van der Waals surface area (Å²) in [6.07, 6.45) is 5.14. The Morgan fingerprint density at radius 3 is 2.73 bits per heavy atom. The Balaban J connectivity index is 1.15. The first-order valence-corrected chi connectivity index (χ1v) is 11.5. The van der Waals surface area contributed by atoms with Crippen molar-refractivity contribution in [1.82, 2.24) is 25.2 Å². The average molecular weight is 444 g/mol. The van der Waals surface area contributed by atoms with E-state index in [1.54, 1.807) is 19.4 Å². The summed E-state index contributed by atoms with van der Waals surface area (Å²) in [5.41, 5.74) is 3.32. The van der Waals surface area contributed by atoms with Crippen LogP contribution in [0.5, 0.6) is 5.88 Å². The van der Waals surface area contributed by atoms with Gasteiger partial charge in [-0.05, 0) is 49.5 Å². The van der Waals surface area contributed by atoms with Gasteiger partial charge in [0, 0.05) is 48.5 Å². The average Bonchev–Trinajstić information content (AvgIpc) is 2.87. The second-order valence-corrected chi connectivity index (χ2v) is 8.62. The van der Waals surface area contributed by atoms with Crippen LogP contribution in [-0.4, -0.2) is 57.7 Å². The number of aromatic nitrogens is 3. The highest BCUT2D eigenvalue weighted by Crippen LogP contribution is 2.25. The first-order valence-electron chi connectivity index (χ1n) is 11.5. The highest BCUT2D eigenvalue weighted by molar-refractivity contribution is 5.81. The number of rotatable bonds is 7. The summed E-state index contributed by atoms with van der Waals surface area (Å²) in [7, 11) is 1.59. The maximum Gasteiger partial charge on any atom is 0.213 e. The molecule has 7 heteroatoms. The molecule has 3 aromatic heterocycles. The molecule has 1 aliphatic rings. The predicted molar refractivity (Wildman–Crippen MR) is 129 cm³/mol. The summed E-state index contributed by atoms with van der Waals surface area (Å²) in [5.74, 6) is 0.525. The van der Waals surface area contributed by atoms with E-state index in [9.17, 15) is 5.11 Å². The zero-order valence-corrected chi connectivity index (χ0v) is 18.8. The molecule has 1 aliphatic heterocycles. The van der Waals surface area contributed by atoms with Crippen LogP contribution >= 0.6 is 0 Å². The molecule has 0 amide bonds. The van der Waals surface area contributed by atoms with Crippen molar-refractivity contribution in [3.8, 4) is 5.88 Å². The Bertz CT molecular complexity index is 1240. The SMILES string of the molecule is COc1ccc2nccc([C@@H](O)CN3CCC(NCc4cc5ccccc5cn4)CC3)c2n1. The minimum Gasteiger partial charge on any atom is -0.481 e. The molecule has 2 N–H and O–H groups in total. The van der Waals surface area contributed by atoms with Crippen LogP contribution in [0.1, 0.15) is 30.2 Å². The standard InChI is InChI=1S/C26H29N5O2/c1-33-25-7-6-23-26(30-25)22(8-11-27-23)24(32)17-31-12-9-20(10-13-31)29-16-21-14-18-4-2-3-5-19(18)15-28-21/h2-8,11,14-15,20,24,29,32H,9-10,12-13,16-17H2,1H3/t24-/m0/s1. The molecular weight excluding hydrogens is 414 g/mol. The molecule has 0 bridgehead atoms. The molecule has 170 valence electrons. The number of fused-ring (bicyclic) bond motifs is 2. The fraction of sp³-hybridized carbons (Fsp3) is 0.346. The number of nitrogens with zero attached hydrogens (tertiary/aromatic N) is 4. The van der Waals surface area contributed by atoms with E-state index in [-0.39, 0.29) is 0 Å². The summed E-state index contributed by atoms with van der Waals surface area (Å²) in [6, 6.07) is 16.4. The van der Waals surface area contributed by atoms with Crippen molar-refractivity contribution >= 4 is 21.8 Å². The molecule has 33 heavy (non-hydrogen) atoms. The van der Waals surface area contributed by atoms with Gasteiger partial charge in [-0.2, -0.15) is 0 Å². The number of hydrogen-bond acceptors (Lipinski definition) is 7. The summed E-state index contributed by atoms with van der Waals surface area (Å²) in [5, 5.41) is 17.0. The maximum atomic E-state index is 11.0. The lowest BCUT2D eigenvalue weighted by atomic mass is 10.0. The van der Waals surface area contributed by atoms with Crippen LogP contribution in [0.2, 0.25) is 0 Å². The van der Waals surface area contributed by atoms with Crippen LogP contribution in [0.25, 0.3) is 21.8 Å². The molecule has 1 saturated heterocycles. The summed E-state index contributed by atoms with van der Waals surface area (Å²) in [4.78, 5) is 15.8. The van der Waals surface area contributed by atoms with Crippen LogP contribution in [0, 0.1) is 0 Å². The molecule has 5 rings (SSSR count). The monoisotopic (exact) mass is 443 g/mol. The Labute approximate surface area is 193 Å². The van der Waals surface area contributed by atoms with E-state index < -0.39 is 6.10 Å². The molecular formula is C26H29N5O2. The van der Waals surface area contributed by atoms with Crippen molar-refractivity contribution < 1.29 is 9.84 Å². The fourth-order valence-electron chi connectivity index (χ4n) is 4.55. The third-order valence-electron chi connectivity index (χ3n) is 6.44. The van der Waals surface area contributed by atoms with E-state index in [0.29, 0.717) is 24.0 Å². The van der Waals surface area contributed by atoms with Crippen LogP contribution in [0.3, 0.4) is 0 Å². The van der Waals surface area contributed by atoms with Gasteiger partial charge in [0.05, 0.1) is 29.9 Å². The van der Waals surface area contributed by atoms with Gasteiger partial charge in [-0.25, -0.2) is 4.98 Å². The number of aliphatic hydroxyl groups excluding tert-OH is 1. The van der Waals surface area contributed by atoms with Gasteiger partial charge < -0.3 is 20.1 Å². The summed E-state index contributed by atoms with van der Waals surface area (Å²) in [6.45, 7) is 3.24.